The molecular weight excluding hydrogens is 418 g/mol. The first-order valence-corrected chi connectivity index (χ1v) is 10.4. The van der Waals surface area contributed by atoms with Crippen LogP contribution >= 0.6 is 22.9 Å². The monoisotopic (exact) mass is 435 g/mol. The first-order chi connectivity index (χ1) is 14.6. The molecule has 2 N–H and O–H groups in total. The van der Waals surface area contributed by atoms with Crippen LogP contribution in [0.15, 0.2) is 78.2 Å². The van der Waals surface area contributed by atoms with E-state index in [1.54, 1.807) is 37.4 Å². The van der Waals surface area contributed by atoms with Crippen molar-refractivity contribution in [2.24, 2.45) is 0 Å². The fourth-order valence-electron chi connectivity index (χ4n) is 2.91. The van der Waals surface area contributed by atoms with Crippen LogP contribution < -0.4 is 15.4 Å². The molecule has 4 aromatic rings. The summed E-state index contributed by atoms with van der Waals surface area (Å²) in [7, 11) is 1.61. The number of benzene rings is 3. The zero-order valence-electron chi connectivity index (χ0n) is 16.1. The zero-order valence-corrected chi connectivity index (χ0v) is 17.6. The van der Waals surface area contributed by atoms with Gasteiger partial charge < -0.3 is 15.4 Å². The fourth-order valence-corrected chi connectivity index (χ4v) is 3.81. The van der Waals surface area contributed by atoms with Gasteiger partial charge in [0.05, 0.1) is 18.5 Å². The molecular formula is C23H18ClN3O2S. The Labute approximate surface area is 183 Å². The number of hydrogen-bond donors (Lipinski definition) is 2. The second kappa shape index (κ2) is 8.98. The van der Waals surface area contributed by atoms with Gasteiger partial charge in [0.25, 0.3) is 5.91 Å². The zero-order chi connectivity index (χ0) is 20.9. The van der Waals surface area contributed by atoms with E-state index in [4.69, 9.17) is 16.3 Å². The minimum Gasteiger partial charge on any atom is -0.495 e. The van der Waals surface area contributed by atoms with E-state index in [1.807, 2.05) is 47.8 Å². The molecule has 1 aromatic heterocycles. The lowest BCUT2D eigenvalue weighted by atomic mass is 10.1. The molecule has 0 atom stereocenters. The third-order valence-corrected chi connectivity index (χ3v) is 5.35. The number of halogens is 1. The van der Waals surface area contributed by atoms with Gasteiger partial charge >= 0.3 is 0 Å². The van der Waals surface area contributed by atoms with Crippen molar-refractivity contribution in [3.63, 3.8) is 0 Å². The van der Waals surface area contributed by atoms with Crippen molar-refractivity contribution in [1.29, 1.82) is 0 Å². The van der Waals surface area contributed by atoms with Gasteiger partial charge in [-0.3, -0.25) is 4.79 Å². The minimum atomic E-state index is -0.151. The predicted octanol–water partition coefficient (Wildman–Crippen LogP) is 6.47. The smallest absolute Gasteiger partial charge is 0.255 e. The number of aromatic nitrogens is 1. The highest BCUT2D eigenvalue weighted by Crippen LogP contribution is 2.33. The van der Waals surface area contributed by atoms with E-state index in [-0.39, 0.29) is 5.91 Å². The maximum absolute atomic E-state index is 12.4. The highest BCUT2D eigenvalue weighted by molar-refractivity contribution is 7.14. The Morgan fingerprint density at radius 1 is 1.03 bits per heavy atom. The normalized spacial score (nSPS) is 10.5. The minimum absolute atomic E-state index is 0.151. The summed E-state index contributed by atoms with van der Waals surface area (Å²) in [6.45, 7) is 0. The number of hydrogen-bond acceptors (Lipinski definition) is 5. The summed E-state index contributed by atoms with van der Waals surface area (Å²) >= 11 is 7.57. The van der Waals surface area contributed by atoms with E-state index in [0.717, 1.165) is 16.9 Å². The maximum atomic E-state index is 12.4. The summed E-state index contributed by atoms with van der Waals surface area (Å²) in [6.07, 6.45) is 0. The van der Waals surface area contributed by atoms with Crippen LogP contribution in [0.25, 0.3) is 11.3 Å². The van der Waals surface area contributed by atoms with Crippen molar-refractivity contribution in [1.82, 2.24) is 4.98 Å². The Morgan fingerprint density at radius 2 is 1.87 bits per heavy atom. The number of nitrogens with zero attached hydrogens (tertiary/aromatic N) is 1. The molecule has 4 rings (SSSR count). The molecule has 0 aliphatic rings. The Morgan fingerprint density at radius 3 is 2.67 bits per heavy atom. The third-order valence-electron chi connectivity index (χ3n) is 4.36. The van der Waals surface area contributed by atoms with Gasteiger partial charge in [-0.2, -0.15) is 0 Å². The molecule has 0 bridgehead atoms. The van der Waals surface area contributed by atoms with Gasteiger partial charge in [-0.05, 0) is 42.5 Å². The van der Waals surface area contributed by atoms with Crippen molar-refractivity contribution < 1.29 is 9.53 Å². The topological polar surface area (TPSA) is 63.2 Å². The second-order valence-electron chi connectivity index (χ2n) is 6.41. The van der Waals surface area contributed by atoms with E-state index < -0.39 is 0 Å². The standard InChI is InChI=1S/C23H18ClN3O2S/c1-29-21-11-10-17(24)13-19(21)26-23-27-20(14-30-23)16-8-5-9-18(12-16)25-22(28)15-6-3-2-4-7-15/h2-14H,1H3,(H,25,28)(H,26,27). The van der Waals surface area contributed by atoms with Crippen molar-refractivity contribution in [3.8, 4) is 17.0 Å². The molecule has 7 heteroatoms. The molecule has 1 amide bonds. The van der Waals surface area contributed by atoms with Gasteiger partial charge in [-0.1, -0.05) is 41.9 Å². The highest BCUT2D eigenvalue weighted by atomic mass is 35.5. The number of nitrogens with one attached hydrogen (secondary N) is 2. The largest absolute Gasteiger partial charge is 0.495 e. The Hall–Kier alpha value is -3.35. The number of ether oxygens (including phenoxy) is 1. The molecule has 0 spiro atoms. The molecule has 150 valence electrons. The molecule has 0 saturated heterocycles. The first kappa shape index (κ1) is 19.9. The molecule has 3 aromatic carbocycles. The third kappa shape index (κ3) is 4.62. The molecule has 0 aliphatic carbocycles. The molecule has 0 fully saturated rings. The lowest BCUT2D eigenvalue weighted by Crippen LogP contribution is -2.11. The van der Waals surface area contributed by atoms with Crippen molar-refractivity contribution >= 4 is 45.4 Å². The molecule has 0 aliphatic heterocycles. The predicted molar refractivity (Wildman–Crippen MR) is 123 cm³/mol. The number of amides is 1. The number of carbonyl (C=O) groups excluding carboxylic acids is 1. The Bertz CT molecular complexity index is 1180. The number of thiazole rings is 1. The lowest BCUT2D eigenvalue weighted by molar-refractivity contribution is 0.102. The van der Waals surface area contributed by atoms with Crippen LogP contribution in [0.3, 0.4) is 0 Å². The van der Waals surface area contributed by atoms with Crippen LogP contribution in [0.1, 0.15) is 10.4 Å². The number of methoxy groups -OCH3 is 1. The molecule has 0 saturated carbocycles. The van der Waals surface area contributed by atoms with Crippen LogP contribution in [0.5, 0.6) is 5.75 Å². The van der Waals surface area contributed by atoms with Crippen LogP contribution in [0, 0.1) is 0 Å². The van der Waals surface area contributed by atoms with Crippen LogP contribution in [0.4, 0.5) is 16.5 Å². The fraction of sp³-hybridized carbons (Fsp3) is 0.0435. The van der Waals surface area contributed by atoms with E-state index in [9.17, 15) is 4.79 Å². The average molecular weight is 436 g/mol. The number of rotatable bonds is 6. The van der Waals surface area contributed by atoms with Crippen molar-refractivity contribution in [3.05, 3.63) is 88.8 Å². The van der Waals surface area contributed by atoms with Gasteiger partial charge in [0.15, 0.2) is 5.13 Å². The lowest BCUT2D eigenvalue weighted by Gasteiger charge is -2.09. The second-order valence-corrected chi connectivity index (χ2v) is 7.70. The van der Waals surface area contributed by atoms with Crippen LogP contribution in [-0.4, -0.2) is 18.0 Å². The summed E-state index contributed by atoms with van der Waals surface area (Å²) in [6, 6.07) is 22.1. The van der Waals surface area contributed by atoms with E-state index in [2.05, 4.69) is 15.6 Å². The Balaban J connectivity index is 1.52. The molecule has 0 radical (unpaired) electrons. The van der Waals surface area contributed by atoms with Gasteiger partial charge in [0.2, 0.25) is 0 Å². The SMILES string of the molecule is COc1ccc(Cl)cc1Nc1nc(-c2cccc(NC(=O)c3ccccc3)c2)cs1. The van der Waals surface area contributed by atoms with Gasteiger partial charge in [0.1, 0.15) is 5.75 Å². The van der Waals surface area contributed by atoms with E-state index in [1.165, 1.54) is 11.3 Å². The van der Waals surface area contributed by atoms with Crippen molar-refractivity contribution in [2.75, 3.05) is 17.7 Å². The summed E-state index contributed by atoms with van der Waals surface area (Å²) < 4.78 is 5.37. The van der Waals surface area contributed by atoms with Crippen LogP contribution in [-0.2, 0) is 0 Å². The number of anilines is 3. The summed E-state index contributed by atoms with van der Waals surface area (Å²) in [5.41, 5.74) is 3.77. The number of carbonyl (C=O) groups is 1. The van der Waals surface area contributed by atoms with Gasteiger partial charge in [-0.25, -0.2) is 4.98 Å². The van der Waals surface area contributed by atoms with Gasteiger partial charge in [0, 0.05) is 27.2 Å². The summed E-state index contributed by atoms with van der Waals surface area (Å²) in [5, 5.41) is 9.45. The maximum Gasteiger partial charge on any atom is 0.255 e. The molecule has 30 heavy (non-hydrogen) atoms. The van der Waals surface area contributed by atoms with Crippen LogP contribution in [0.2, 0.25) is 5.02 Å². The first-order valence-electron chi connectivity index (χ1n) is 9.15. The molecule has 5 nitrogen and oxygen atoms in total. The summed E-state index contributed by atoms with van der Waals surface area (Å²) in [5.74, 6) is 0.531. The van der Waals surface area contributed by atoms with E-state index >= 15 is 0 Å². The average Bonchev–Trinajstić information content (AvgIpc) is 3.23. The van der Waals surface area contributed by atoms with E-state index in [0.29, 0.717) is 27.2 Å². The Kier molecular flexibility index (Phi) is 5.97. The highest BCUT2D eigenvalue weighted by Gasteiger charge is 2.10. The quantitative estimate of drug-likeness (QED) is 0.364. The molecule has 0 unspecified atom stereocenters. The molecule has 1 heterocycles. The van der Waals surface area contributed by atoms with Crippen molar-refractivity contribution in [2.45, 2.75) is 0 Å². The van der Waals surface area contributed by atoms with Gasteiger partial charge in [-0.15, -0.1) is 11.3 Å². The summed E-state index contributed by atoms with van der Waals surface area (Å²) in [4.78, 5) is 17.1.